The highest BCUT2D eigenvalue weighted by Gasteiger charge is 2.13. The number of carbonyl (C=O) groups excluding carboxylic acids is 1. The minimum absolute atomic E-state index is 0.239. The van der Waals surface area contributed by atoms with E-state index in [1.165, 1.54) is 0 Å². The molecule has 22 heavy (non-hydrogen) atoms. The van der Waals surface area contributed by atoms with Crippen LogP contribution in [0.25, 0.3) is 10.9 Å². The van der Waals surface area contributed by atoms with Gasteiger partial charge in [-0.2, -0.15) is 0 Å². The maximum absolute atomic E-state index is 12.6. The second-order valence-electron chi connectivity index (χ2n) is 4.78. The fourth-order valence-electron chi connectivity index (χ4n) is 2.31. The number of para-hydroxylation sites is 1. The van der Waals surface area contributed by atoms with Crippen LogP contribution in [0.1, 0.15) is 10.4 Å². The summed E-state index contributed by atoms with van der Waals surface area (Å²) < 4.78 is 11.7. The van der Waals surface area contributed by atoms with Crippen LogP contribution in [-0.4, -0.2) is 21.4 Å². The summed E-state index contributed by atoms with van der Waals surface area (Å²) in [7, 11) is -1.17. The van der Waals surface area contributed by atoms with Crippen molar-refractivity contribution in [2.24, 2.45) is 0 Å². The lowest BCUT2D eigenvalue weighted by Crippen LogP contribution is -2.14. The SMILES string of the molecule is CS(=O)c1ccccc1NC(=O)c1cccc2ncccc12. The monoisotopic (exact) mass is 310 g/mol. The number of nitrogens with one attached hydrogen (secondary N) is 1. The highest BCUT2D eigenvalue weighted by atomic mass is 32.2. The first-order valence-corrected chi connectivity index (χ1v) is 8.30. The van der Waals surface area contributed by atoms with Crippen molar-refractivity contribution < 1.29 is 9.00 Å². The first-order chi connectivity index (χ1) is 10.7. The van der Waals surface area contributed by atoms with Crippen LogP contribution < -0.4 is 5.32 Å². The van der Waals surface area contributed by atoms with E-state index in [9.17, 15) is 9.00 Å². The summed E-state index contributed by atoms with van der Waals surface area (Å²) in [6.45, 7) is 0. The number of aromatic nitrogens is 1. The van der Waals surface area contributed by atoms with Crippen LogP contribution in [0, 0.1) is 0 Å². The molecule has 3 aromatic rings. The Kier molecular flexibility index (Phi) is 3.98. The van der Waals surface area contributed by atoms with Gasteiger partial charge in [-0.1, -0.05) is 24.3 Å². The van der Waals surface area contributed by atoms with Crippen molar-refractivity contribution in [3.8, 4) is 0 Å². The molecule has 1 amide bonds. The number of anilines is 1. The van der Waals surface area contributed by atoms with Crippen molar-refractivity contribution in [2.45, 2.75) is 4.90 Å². The average molecular weight is 310 g/mol. The van der Waals surface area contributed by atoms with Gasteiger partial charge in [0.25, 0.3) is 5.91 Å². The molecule has 0 spiro atoms. The average Bonchev–Trinajstić information content (AvgIpc) is 2.54. The van der Waals surface area contributed by atoms with Crippen molar-refractivity contribution in [3.63, 3.8) is 0 Å². The third kappa shape index (κ3) is 2.76. The molecule has 4 nitrogen and oxygen atoms in total. The van der Waals surface area contributed by atoms with Gasteiger partial charge in [0.2, 0.25) is 0 Å². The van der Waals surface area contributed by atoms with Gasteiger partial charge in [-0.05, 0) is 30.3 Å². The summed E-state index contributed by atoms with van der Waals surface area (Å²) in [6, 6.07) is 16.2. The molecular formula is C17H14N2O2S. The second-order valence-corrected chi connectivity index (χ2v) is 6.13. The summed E-state index contributed by atoms with van der Waals surface area (Å²) in [5, 5.41) is 3.63. The summed E-state index contributed by atoms with van der Waals surface area (Å²) >= 11 is 0. The lowest BCUT2D eigenvalue weighted by Gasteiger charge is -2.10. The van der Waals surface area contributed by atoms with Gasteiger partial charge in [-0.25, -0.2) is 0 Å². The Morgan fingerprint density at radius 2 is 1.86 bits per heavy atom. The normalized spacial score (nSPS) is 12.0. The molecule has 0 fully saturated rings. The van der Waals surface area contributed by atoms with Crippen LogP contribution >= 0.6 is 0 Å². The van der Waals surface area contributed by atoms with Gasteiger partial charge < -0.3 is 5.32 Å². The summed E-state index contributed by atoms with van der Waals surface area (Å²) in [5.74, 6) is -0.239. The molecule has 0 aliphatic rings. The molecule has 1 atom stereocenters. The topological polar surface area (TPSA) is 59.1 Å². The van der Waals surface area contributed by atoms with Gasteiger partial charge in [0.15, 0.2) is 0 Å². The second kappa shape index (κ2) is 6.07. The Bertz CT molecular complexity index is 872. The van der Waals surface area contributed by atoms with Crippen molar-refractivity contribution in [3.05, 3.63) is 66.4 Å². The highest BCUT2D eigenvalue weighted by molar-refractivity contribution is 7.84. The zero-order valence-corrected chi connectivity index (χ0v) is 12.8. The van der Waals surface area contributed by atoms with Gasteiger partial charge in [0, 0.05) is 23.4 Å². The van der Waals surface area contributed by atoms with Crippen LogP contribution in [0.15, 0.2) is 65.7 Å². The van der Waals surface area contributed by atoms with E-state index in [-0.39, 0.29) is 5.91 Å². The molecular weight excluding hydrogens is 296 g/mol. The van der Waals surface area contributed by atoms with E-state index < -0.39 is 10.8 Å². The Morgan fingerprint density at radius 1 is 1.05 bits per heavy atom. The largest absolute Gasteiger partial charge is 0.321 e. The maximum Gasteiger partial charge on any atom is 0.256 e. The molecule has 0 saturated heterocycles. The number of rotatable bonds is 3. The molecule has 5 heteroatoms. The number of fused-ring (bicyclic) bond motifs is 1. The Labute approximate surface area is 130 Å². The number of hydrogen-bond acceptors (Lipinski definition) is 3. The van der Waals surface area contributed by atoms with Gasteiger partial charge >= 0.3 is 0 Å². The van der Waals surface area contributed by atoms with Crippen LogP contribution in [0.3, 0.4) is 0 Å². The zero-order valence-electron chi connectivity index (χ0n) is 11.9. The molecule has 0 bridgehead atoms. The number of hydrogen-bond donors (Lipinski definition) is 1. The number of benzene rings is 2. The number of nitrogens with zero attached hydrogens (tertiary/aromatic N) is 1. The summed E-state index contributed by atoms with van der Waals surface area (Å²) in [5.41, 5.74) is 1.87. The van der Waals surface area contributed by atoms with E-state index in [0.717, 1.165) is 10.9 Å². The van der Waals surface area contributed by atoms with Gasteiger partial charge in [-0.3, -0.25) is 14.0 Å². The number of amides is 1. The Morgan fingerprint density at radius 3 is 2.68 bits per heavy atom. The van der Waals surface area contributed by atoms with Crippen LogP contribution in [0.2, 0.25) is 0 Å². The van der Waals surface area contributed by atoms with Crippen molar-refractivity contribution in [1.82, 2.24) is 4.98 Å². The molecule has 2 aromatic carbocycles. The minimum Gasteiger partial charge on any atom is -0.321 e. The number of pyridine rings is 1. The Hall–Kier alpha value is -2.53. The molecule has 3 rings (SSSR count). The summed E-state index contributed by atoms with van der Waals surface area (Å²) in [6.07, 6.45) is 3.28. The van der Waals surface area contributed by atoms with Crippen LogP contribution in [0.4, 0.5) is 5.69 Å². The molecule has 1 heterocycles. The third-order valence-corrected chi connectivity index (χ3v) is 4.31. The summed E-state index contributed by atoms with van der Waals surface area (Å²) in [4.78, 5) is 17.4. The fourth-order valence-corrected chi connectivity index (χ4v) is 3.01. The molecule has 1 N–H and O–H groups in total. The quantitative estimate of drug-likeness (QED) is 0.808. The molecule has 0 saturated carbocycles. The van der Waals surface area contributed by atoms with Gasteiger partial charge in [0.1, 0.15) is 0 Å². The van der Waals surface area contributed by atoms with Crippen LogP contribution in [0.5, 0.6) is 0 Å². The molecule has 0 aliphatic heterocycles. The van der Waals surface area contributed by atoms with E-state index in [1.807, 2.05) is 12.1 Å². The molecule has 1 aromatic heterocycles. The van der Waals surface area contributed by atoms with Crippen molar-refractivity contribution in [1.29, 1.82) is 0 Å². The smallest absolute Gasteiger partial charge is 0.256 e. The number of carbonyl (C=O) groups is 1. The predicted octanol–water partition coefficient (Wildman–Crippen LogP) is 3.22. The van der Waals surface area contributed by atoms with E-state index in [0.29, 0.717) is 16.1 Å². The molecule has 110 valence electrons. The van der Waals surface area contributed by atoms with E-state index in [4.69, 9.17) is 0 Å². The zero-order chi connectivity index (χ0) is 15.5. The first-order valence-electron chi connectivity index (χ1n) is 6.74. The maximum atomic E-state index is 12.6. The fraction of sp³-hybridized carbons (Fsp3) is 0.0588. The van der Waals surface area contributed by atoms with Gasteiger partial charge in [0.05, 0.1) is 26.9 Å². The van der Waals surface area contributed by atoms with Crippen LogP contribution in [-0.2, 0) is 10.8 Å². The molecule has 1 unspecified atom stereocenters. The third-order valence-electron chi connectivity index (χ3n) is 3.34. The van der Waals surface area contributed by atoms with Crippen molar-refractivity contribution in [2.75, 3.05) is 11.6 Å². The van der Waals surface area contributed by atoms with Crippen molar-refractivity contribution >= 4 is 33.3 Å². The Balaban J connectivity index is 2.00. The molecule has 0 aliphatic carbocycles. The van der Waals surface area contributed by atoms with E-state index >= 15 is 0 Å². The van der Waals surface area contributed by atoms with Gasteiger partial charge in [-0.15, -0.1) is 0 Å². The molecule has 0 radical (unpaired) electrons. The lowest BCUT2D eigenvalue weighted by atomic mass is 10.1. The lowest BCUT2D eigenvalue weighted by molar-refractivity contribution is 0.102. The standard InChI is InChI=1S/C17H14N2O2S/c1-22(21)16-10-3-2-8-15(16)19-17(20)13-6-4-9-14-12(13)7-5-11-18-14/h2-11H,1H3,(H,19,20). The minimum atomic E-state index is -1.17. The van der Waals surface area contributed by atoms with E-state index in [1.54, 1.807) is 54.9 Å². The highest BCUT2D eigenvalue weighted by Crippen LogP contribution is 2.21. The van der Waals surface area contributed by atoms with E-state index in [2.05, 4.69) is 10.3 Å². The first kappa shape index (κ1) is 14.4. The predicted molar refractivity (Wildman–Crippen MR) is 88.5 cm³/mol.